The van der Waals surface area contributed by atoms with Crippen LogP contribution in [0.15, 0.2) is 0 Å². The Bertz CT molecular complexity index is 217. The lowest BCUT2D eigenvalue weighted by molar-refractivity contribution is -0.0105. The molecular weight excluding hydrogens is 192 g/mol. The second kappa shape index (κ2) is 4.40. The summed E-state index contributed by atoms with van der Waals surface area (Å²) in [6.45, 7) is 8.73. The molecule has 5 unspecified atom stereocenters. The first kappa shape index (κ1) is 11.4. The molecule has 0 aromatic heterocycles. The highest BCUT2D eigenvalue weighted by atomic mass is 16.9. The topological polar surface area (TPSA) is 34.3 Å². The Morgan fingerprint density at radius 3 is 2.20 bits per heavy atom. The molecule has 0 aromatic carbocycles. The van der Waals surface area contributed by atoms with Gasteiger partial charge in [-0.3, -0.25) is 0 Å². The van der Waals surface area contributed by atoms with Crippen LogP contribution >= 0.6 is 0 Å². The van der Waals surface area contributed by atoms with Crippen LogP contribution in [0.4, 0.5) is 0 Å². The summed E-state index contributed by atoms with van der Waals surface area (Å²) >= 11 is 0. The van der Waals surface area contributed by atoms with E-state index in [2.05, 4.69) is 27.7 Å². The van der Waals surface area contributed by atoms with Crippen molar-refractivity contribution < 1.29 is 14.2 Å². The Morgan fingerprint density at radius 1 is 1.07 bits per heavy atom. The van der Waals surface area contributed by atoms with Crippen LogP contribution in [0.25, 0.3) is 0 Å². The zero-order valence-electron chi connectivity index (χ0n) is 10.1. The molecule has 5 atom stereocenters. The zero-order chi connectivity index (χ0) is 11.0. The monoisotopic (exact) mass is 214 g/mol. The van der Waals surface area contributed by atoms with E-state index in [4.69, 9.17) is 14.2 Å². The van der Waals surface area contributed by atoms with Crippen LogP contribution < -0.4 is 0 Å². The number of hydrogen-bond donors (Lipinski definition) is 0. The summed E-state index contributed by atoms with van der Waals surface area (Å²) in [5.41, 5.74) is 0. The van der Waals surface area contributed by atoms with E-state index >= 15 is 0 Å². The molecular formula is C12H22O3. The van der Waals surface area contributed by atoms with Crippen molar-refractivity contribution in [2.24, 2.45) is 11.8 Å². The largest absolute Gasteiger partial charge is 0.341 e. The van der Waals surface area contributed by atoms with Gasteiger partial charge in [-0.1, -0.05) is 34.1 Å². The Kier molecular flexibility index (Phi) is 3.33. The summed E-state index contributed by atoms with van der Waals surface area (Å²) in [6.07, 6.45) is 3.01. The molecule has 0 aromatic rings. The van der Waals surface area contributed by atoms with E-state index < -0.39 is 0 Å². The first-order valence-electron chi connectivity index (χ1n) is 6.09. The molecule has 2 aliphatic heterocycles. The summed E-state index contributed by atoms with van der Waals surface area (Å²) in [6, 6.07) is 0. The van der Waals surface area contributed by atoms with Gasteiger partial charge in [0, 0.05) is 0 Å². The second-order valence-electron chi connectivity index (χ2n) is 5.08. The third-order valence-corrected chi connectivity index (χ3v) is 3.20. The maximum atomic E-state index is 5.68. The smallest absolute Gasteiger partial charge is 0.187 e. The molecule has 2 rings (SSSR count). The molecule has 3 heteroatoms. The molecule has 0 N–H and O–H groups in total. The van der Waals surface area contributed by atoms with Gasteiger partial charge in [-0.15, -0.1) is 0 Å². The molecule has 3 nitrogen and oxygen atoms in total. The summed E-state index contributed by atoms with van der Waals surface area (Å²) in [7, 11) is 0. The molecule has 2 saturated heterocycles. The predicted octanol–water partition coefficient (Wildman–Crippen LogP) is 2.55. The third-order valence-electron chi connectivity index (χ3n) is 3.20. The van der Waals surface area contributed by atoms with Gasteiger partial charge in [0.1, 0.15) is 12.2 Å². The van der Waals surface area contributed by atoms with Crippen molar-refractivity contribution in [3.05, 3.63) is 0 Å². The molecule has 2 fully saturated rings. The van der Waals surface area contributed by atoms with E-state index in [0.29, 0.717) is 17.9 Å². The predicted molar refractivity (Wildman–Crippen MR) is 57.3 cm³/mol. The Balaban J connectivity index is 1.64. The van der Waals surface area contributed by atoms with E-state index in [-0.39, 0.29) is 18.7 Å². The lowest BCUT2D eigenvalue weighted by Gasteiger charge is -2.04. The van der Waals surface area contributed by atoms with Gasteiger partial charge in [-0.05, 0) is 18.3 Å². The van der Waals surface area contributed by atoms with Crippen LogP contribution in [-0.4, -0.2) is 24.8 Å². The van der Waals surface area contributed by atoms with E-state index in [1.165, 1.54) is 12.8 Å². The number of ether oxygens (including phenoxy) is 3. The number of epoxide rings is 2. The molecule has 15 heavy (non-hydrogen) atoms. The van der Waals surface area contributed by atoms with Gasteiger partial charge in [0.2, 0.25) is 0 Å². The maximum Gasteiger partial charge on any atom is 0.187 e. The Hall–Kier alpha value is -0.120. The van der Waals surface area contributed by atoms with Gasteiger partial charge in [0.05, 0.1) is 0 Å². The van der Waals surface area contributed by atoms with Crippen molar-refractivity contribution in [3.63, 3.8) is 0 Å². The van der Waals surface area contributed by atoms with Crippen LogP contribution in [0.5, 0.6) is 0 Å². The second-order valence-corrected chi connectivity index (χ2v) is 5.08. The van der Waals surface area contributed by atoms with E-state index in [1.807, 2.05) is 0 Å². The lowest BCUT2D eigenvalue weighted by Crippen LogP contribution is -2.12. The van der Waals surface area contributed by atoms with Crippen LogP contribution in [0.2, 0.25) is 0 Å². The molecule has 88 valence electrons. The van der Waals surface area contributed by atoms with Gasteiger partial charge in [-0.25, -0.2) is 0 Å². The first-order valence-corrected chi connectivity index (χ1v) is 6.09. The molecule has 2 heterocycles. The summed E-state index contributed by atoms with van der Waals surface area (Å²) in [5, 5.41) is 0. The maximum absolute atomic E-state index is 5.68. The standard InChI is InChI=1S/C12H22O3/c1-5-6-8(4)10-12(14-10)15-11-9(13-11)7(2)3/h7-12H,5-6H2,1-4H3. The van der Waals surface area contributed by atoms with Gasteiger partial charge in [-0.2, -0.15) is 0 Å². The highest BCUT2D eigenvalue weighted by molar-refractivity contribution is 4.87. The highest BCUT2D eigenvalue weighted by Gasteiger charge is 2.51. The number of hydrogen-bond acceptors (Lipinski definition) is 3. The van der Waals surface area contributed by atoms with Crippen LogP contribution in [0, 0.1) is 11.8 Å². The Morgan fingerprint density at radius 2 is 1.67 bits per heavy atom. The zero-order valence-corrected chi connectivity index (χ0v) is 10.1. The minimum absolute atomic E-state index is 0.000278. The fourth-order valence-electron chi connectivity index (χ4n) is 2.06. The van der Waals surface area contributed by atoms with Gasteiger partial charge in [0.15, 0.2) is 12.6 Å². The van der Waals surface area contributed by atoms with Crippen molar-refractivity contribution in [2.75, 3.05) is 0 Å². The number of rotatable bonds is 6. The van der Waals surface area contributed by atoms with Crippen molar-refractivity contribution in [2.45, 2.75) is 65.3 Å². The molecule has 0 saturated carbocycles. The SMILES string of the molecule is CCCC(C)C1OC1OC1OC1C(C)C. The van der Waals surface area contributed by atoms with Gasteiger partial charge in [0.25, 0.3) is 0 Å². The average molecular weight is 214 g/mol. The quantitative estimate of drug-likeness (QED) is 0.637. The highest BCUT2D eigenvalue weighted by Crippen LogP contribution is 2.39. The van der Waals surface area contributed by atoms with Crippen molar-refractivity contribution in [1.29, 1.82) is 0 Å². The van der Waals surface area contributed by atoms with Gasteiger partial charge < -0.3 is 14.2 Å². The summed E-state index contributed by atoms with van der Waals surface area (Å²) in [5.74, 6) is 1.15. The van der Waals surface area contributed by atoms with Crippen molar-refractivity contribution in [1.82, 2.24) is 0 Å². The Labute approximate surface area is 92.1 Å². The molecule has 0 bridgehead atoms. The fourth-order valence-corrected chi connectivity index (χ4v) is 2.06. The average Bonchev–Trinajstić information content (AvgIpc) is 3.01. The van der Waals surface area contributed by atoms with E-state index in [0.717, 1.165) is 0 Å². The first-order chi connectivity index (χ1) is 7.13. The minimum Gasteiger partial charge on any atom is -0.341 e. The summed E-state index contributed by atoms with van der Waals surface area (Å²) in [4.78, 5) is 0. The van der Waals surface area contributed by atoms with E-state index in [1.54, 1.807) is 0 Å². The molecule has 2 aliphatic rings. The van der Waals surface area contributed by atoms with Crippen molar-refractivity contribution >= 4 is 0 Å². The molecule has 0 aliphatic carbocycles. The van der Waals surface area contributed by atoms with Crippen LogP contribution in [0.1, 0.15) is 40.5 Å². The molecule has 0 spiro atoms. The molecule has 0 radical (unpaired) electrons. The van der Waals surface area contributed by atoms with E-state index in [9.17, 15) is 0 Å². The minimum atomic E-state index is -0.00572. The lowest BCUT2D eigenvalue weighted by atomic mass is 10.0. The van der Waals surface area contributed by atoms with Crippen LogP contribution in [0.3, 0.4) is 0 Å². The van der Waals surface area contributed by atoms with Gasteiger partial charge >= 0.3 is 0 Å². The summed E-state index contributed by atoms with van der Waals surface area (Å²) < 4.78 is 16.6. The third kappa shape index (κ3) is 2.71. The van der Waals surface area contributed by atoms with Crippen molar-refractivity contribution in [3.8, 4) is 0 Å². The fraction of sp³-hybridized carbons (Fsp3) is 1.00. The molecule has 0 amide bonds. The normalized spacial score (nSPS) is 40.6. The van der Waals surface area contributed by atoms with Crippen LogP contribution in [-0.2, 0) is 14.2 Å².